The first-order chi connectivity index (χ1) is 21.3. The van der Waals surface area contributed by atoms with Crippen LogP contribution in [-0.4, -0.2) is 90.3 Å². The summed E-state index contributed by atoms with van der Waals surface area (Å²) in [6.45, 7) is 1.71. The Labute approximate surface area is 252 Å². The molecule has 2 aromatic carbocycles. The van der Waals surface area contributed by atoms with E-state index in [0.717, 1.165) is 26.7 Å². The van der Waals surface area contributed by atoms with E-state index in [2.05, 4.69) is 6.07 Å². The summed E-state index contributed by atoms with van der Waals surface area (Å²) in [4.78, 5) is 29.4. The average Bonchev–Trinajstić information content (AvgIpc) is 3.67. The molecule has 1 fully saturated rings. The number of rotatable bonds is 9. The molecule has 2 aliphatic rings. The standard InChI is InChI=1S/C32H32N4O8/c1-2-34-14-20(18-8-3-5-10-22(18)34)25-26(21-15-35(13-7-12-33)23-11-6-4-9-19(21)23)31(42)36(30(25)41)17-43-32-29(40)28(39)27(38)24(16-37)44-32/h3-6,8-11,14-15,24,27-29,32,37-40H,2,7,13,16-17H2,1H3/t24-,27-,28+,29-,32-/m1/s1. The van der Waals surface area contributed by atoms with Crippen molar-refractivity contribution in [1.82, 2.24) is 14.0 Å². The molecule has 0 bridgehead atoms. The lowest BCUT2D eigenvalue weighted by Gasteiger charge is -2.39. The maximum Gasteiger partial charge on any atom is 0.264 e. The Hall–Kier alpha value is -4.35. The van der Waals surface area contributed by atoms with E-state index in [9.17, 15) is 35.3 Å². The van der Waals surface area contributed by atoms with Crippen molar-refractivity contribution in [2.45, 2.75) is 57.1 Å². The molecule has 0 unspecified atom stereocenters. The summed E-state index contributed by atoms with van der Waals surface area (Å²) < 4.78 is 15.0. The Balaban J connectivity index is 1.46. The number of hydrogen-bond acceptors (Lipinski definition) is 9. The van der Waals surface area contributed by atoms with Crippen molar-refractivity contribution < 1.29 is 39.5 Å². The molecule has 1 saturated heterocycles. The van der Waals surface area contributed by atoms with Gasteiger partial charge in [0.25, 0.3) is 11.8 Å². The van der Waals surface area contributed by atoms with E-state index in [1.807, 2.05) is 70.8 Å². The fourth-order valence-electron chi connectivity index (χ4n) is 6.06. The van der Waals surface area contributed by atoms with Crippen LogP contribution in [0.15, 0.2) is 60.9 Å². The van der Waals surface area contributed by atoms with Crippen LogP contribution in [0.25, 0.3) is 33.0 Å². The van der Waals surface area contributed by atoms with Crippen molar-refractivity contribution in [3.05, 3.63) is 72.1 Å². The minimum Gasteiger partial charge on any atom is -0.394 e. The zero-order chi connectivity index (χ0) is 31.1. The fourth-order valence-corrected chi connectivity index (χ4v) is 6.06. The van der Waals surface area contributed by atoms with E-state index in [0.29, 0.717) is 24.2 Å². The summed E-state index contributed by atoms with van der Waals surface area (Å²) >= 11 is 0. The first kappa shape index (κ1) is 29.7. The smallest absolute Gasteiger partial charge is 0.264 e. The van der Waals surface area contributed by atoms with E-state index < -0.39 is 55.9 Å². The van der Waals surface area contributed by atoms with Gasteiger partial charge in [-0.2, -0.15) is 5.26 Å². The monoisotopic (exact) mass is 600 g/mol. The maximum atomic E-state index is 14.2. The summed E-state index contributed by atoms with van der Waals surface area (Å²) in [5.41, 5.74) is 3.13. The predicted molar refractivity (Wildman–Crippen MR) is 158 cm³/mol. The van der Waals surface area contributed by atoms with Crippen molar-refractivity contribution in [3.63, 3.8) is 0 Å². The summed E-state index contributed by atoms with van der Waals surface area (Å²) in [5.74, 6) is -1.26. The van der Waals surface area contributed by atoms with Crippen LogP contribution in [0.1, 0.15) is 24.5 Å². The van der Waals surface area contributed by atoms with Crippen molar-refractivity contribution in [3.8, 4) is 6.07 Å². The van der Waals surface area contributed by atoms with Gasteiger partial charge in [-0.05, 0) is 19.1 Å². The molecule has 5 atom stereocenters. The minimum absolute atomic E-state index is 0.165. The van der Waals surface area contributed by atoms with Crippen LogP contribution in [-0.2, 0) is 32.2 Å². The number of imide groups is 1. The minimum atomic E-state index is -1.70. The normalized spacial score (nSPS) is 24.2. The van der Waals surface area contributed by atoms with Gasteiger partial charge in [0.05, 0.1) is 30.2 Å². The zero-order valence-corrected chi connectivity index (χ0v) is 23.9. The summed E-state index contributed by atoms with van der Waals surface area (Å²) in [5, 5.41) is 51.0. The number of carbonyl (C=O) groups excluding carboxylic acids is 2. The van der Waals surface area contributed by atoms with Crippen LogP contribution in [0.5, 0.6) is 0 Å². The topological polar surface area (TPSA) is 170 Å². The second-order valence-corrected chi connectivity index (χ2v) is 10.8. The van der Waals surface area contributed by atoms with Gasteiger partial charge in [0, 0.05) is 58.4 Å². The number of carbonyl (C=O) groups is 2. The number of amides is 2. The van der Waals surface area contributed by atoms with Crippen molar-refractivity contribution in [1.29, 1.82) is 5.26 Å². The van der Waals surface area contributed by atoms with Gasteiger partial charge in [-0.3, -0.25) is 9.59 Å². The fraction of sp³-hybridized carbons (Fsp3) is 0.344. The second-order valence-electron chi connectivity index (χ2n) is 10.8. The number of ether oxygens (including phenoxy) is 2. The molecule has 2 amide bonds. The van der Waals surface area contributed by atoms with Crippen molar-refractivity contribution in [2.24, 2.45) is 0 Å². The van der Waals surface area contributed by atoms with Gasteiger partial charge < -0.3 is 39.0 Å². The SMILES string of the molecule is CCn1cc(C2=C(c3cn(CCC#N)c4ccccc34)C(=O)N(CO[C@@H]3O[C@H](CO)[C@@H](O)[C@H](O)[C@H]3O)C2=O)c2ccccc21. The highest BCUT2D eigenvalue weighted by Gasteiger charge is 2.46. The molecule has 4 N–H and O–H groups in total. The van der Waals surface area contributed by atoms with E-state index >= 15 is 0 Å². The number of hydrogen-bond donors (Lipinski definition) is 4. The quantitative estimate of drug-likeness (QED) is 0.208. The van der Waals surface area contributed by atoms with Crippen LogP contribution >= 0.6 is 0 Å². The van der Waals surface area contributed by atoms with Crippen molar-refractivity contribution >= 4 is 44.8 Å². The molecular weight excluding hydrogens is 568 g/mol. The predicted octanol–water partition coefficient (Wildman–Crippen LogP) is 1.58. The molecule has 6 rings (SSSR count). The number of aryl methyl sites for hydroxylation is 2. The summed E-state index contributed by atoms with van der Waals surface area (Å²) in [6, 6.07) is 17.2. The average molecular weight is 601 g/mol. The van der Waals surface area contributed by atoms with Crippen LogP contribution in [0.3, 0.4) is 0 Å². The Kier molecular flexibility index (Phi) is 8.08. The number of nitrogens with zero attached hydrogens (tertiary/aromatic N) is 4. The number of aliphatic hydroxyl groups excluding tert-OH is 4. The lowest BCUT2D eigenvalue weighted by molar-refractivity contribution is -0.305. The van der Waals surface area contributed by atoms with Gasteiger partial charge in [0.2, 0.25) is 0 Å². The van der Waals surface area contributed by atoms with Gasteiger partial charge in [0.15, 0.2) is 6.29 Å². The Morgan fingerprint density at radius 1 is 0.864 bits per heavy atom. The number of aromatic nitrogens is 2. The Morgan fingerprint density at radius 3 is 2.00 bits per heavy atom. The van der Waals surface area contributed by atoms with Crippen LogP contribution in [0.4, 0.5) is 0 Å². The second kappa shape index (κ2) is 12.0. The molecule has 0 radical (unpaired) electrons. The van der Waals surface area contributed by atoms with Crippen LogP contribution in [0, 0.1) is 11.3 Å². The third-order valence-corrected chi connectivity index (χ3v) is 8.31. The molecule has 0 aliphatic carbocycles. The Bertz CT molecular complexity index is 1820. The number of para-hydroxylation sites is 2. The van der Waals surface area contributed by atoms with E-state index in [-0.39, 0.29) is 17.6 Å². The zero-order valence-electron chi connectivity index (χ0n) is 23.9. The molecule has 4 aromatic rings. The van der Waals surface area contributed by atoms with Gasteiger partial charge >= 0.3 is 0 Å². The molecule has 0 spiro atoms. The lowest BCUT2D eigenvalue weighted by atomic mass is 9.95. The highest BCUT2D eigenvalue weighted by Crippen LogP contribution is 2.42. The molecule has 44 heavy (non-hydrogen) atoms. The number of fused-ring (bicyclic) bond motifs is 2. The molecular formula is C32H32N4O8. The van der Waals surface area contributed by atoms with Gasteiger partial charge in [-0.25, -0.2) is 4.90 Å². The lowest BCUT2D eigenvalue weighted by Crippen LogP contribution is -2.59. The van der Waals surface area contributed by atoms with E-state index in [1.54, 1.807) is 6.20 Å². The van der Waals surface area contributed by atoms with Gasteiger partial charge in [0.1, 0.15) is 31.1 Å². The van der Waals surface area contributed by atoms with Crippen LogP contribution < -0.4 is 0 Å². The third kappa shape index (κ3) is 4.80. The van der Waals surface area contributed by atoms with Gasteiger partial charge in [-0.15, -0.1) is 0 Å². The number of benzene rings is 2. The highest BCUT2D eigenvalue weighted by atomic mass is 16.7. The maximum absolute atomic E-state index is 14.2. The molecule has 12 heteroatoms. The molecule has 2 aliphatic heterocycles. The van der Waals surface area contributed by atoms with E-state index in [1.165, 1.54) is 0 Å². The summed E-state index contributed by atoms with van der Waals surface area (Å²) in [6.07, 6.45) is -3.83. The Morgan fingerprint density at radius 2 is 1.43 bits per heavy atom. The third-order valence-electron chi connectivity index (χ3n) is 8.31. The van der Waals surface area contributed by atoms with Crippen LogP contribution in [0.2, 0.25) is 0 Å². The largest absolute Gasteiger partial charge is 0.394 e. The van der Waals surface area contributed by atoms with Gasteiger partial charge in [-0.1, -0.05) is 36.4 Å². The molecule has 2 aromatic heterocycles. The number of nitriles is 1. The molecule has 0 saturated carbocycles. The van der Waals surface area contributed by atoms with E-state index in [4.69, 9.17) is 9.47 Å². The molecule has 12 nitrogen and oxygen atoms in total. The van der Waals surface area contributed by atoms with Crippen molar-refractivity contribution in [2.75, 3.05) is 13.3 Å². The first-order valence-corrected chi connectivity index (χ1v) is 14.4. The molecule has 4 heterocycles. The highest BCUT2D eigenvalue weighted by molar-refractivity contribution is 6.50. The first-order valence-electron chi connectivity index (χ1n) is 14.4. The summed E-state index contributed by atoms with van der Waals surface area (Å²) in [7, 11) is 0. The molecule has 228 valence electrons. The number of aliphatic hydroxyl groups is 4.